The summed E-state index contributed by atoms with van der Waals surface area (Å²) < 4.78 is 22.7. The van der Waals surface area contributed by atoms with E-state index in [-0.39, 0.29) is 17.5 Å². The van der Waals surface area contributed by atoms with E-state index in [1.807, 2.05) is 25.1 Å². The maximum Gasteiger partial charge on any atom is 0.150 e. The van der Waals surface area contributed by atoms with Crippen molar-refractivity contribution in [2.45, 2.75) is 25.8 Å². The Bertz CT molecular complexity index is 488. The Morgan fingerprint density at radius 3 is 2.61 bits per heavy atom. The first-order valence-electron chi connectivity index (χ1n) is 6.27. The predicted octanol–water partition coefficient (Wildman–Crippen LogP) is 1.50. The molecule has 0 unspecified atom stereocenters. The second kappa shape index (κ2) is 5.56. The van der Waals surface area contributed by atoms with Crippen LogP contribution in [0.4, 0.5) is 11.6 Å². The molecule has 0 aromatic carbocycles. The lowest BCUT2D eigenvalue weighted by Gasteiger charge is -2.23. The molecule has 0 saturated carbocycles. The van der Waals surface area contributed by atoms with Crippen molar-refractivity contribution in [3.63, 3.8) is 0 Å². The van der Waals surface area contributed by atoms with Crippen LogP contribution in [-0.4, -0.2) is 37.5 Å². The molecule has 2 heterocycles. The monoisotopic (exact) mass is 269 g/mol. The summed E-state index contributed by atoms with van der Waals surface area (Å²) in [5.41, 5.74) is 0. The van der Waals surface area contributed by atoms with Gasteiger partial charge in [0, 0.05) is 12.6 Å². The van der Waals surface area contributed by atoms with Crippen LogP contribution in [0.5, 0.6) is 0 Å². The van der Waals surface area contributed by atoms with Gasteiger partial charge in [0.2, 0.25) is 0 Å². The number of aromatic nitrogens is 1. The van der Waals surface area contributed by atoms with Gasteiger partial charge < -0.3 is 10.6 Å². The SMILES string of the molecule is CCNc1cccc(NC2CCS(=O)(=O)CC2)n1. The highest BCUT2D eigenvalue weighted by atomic mass is 32.2. The summed E-state index contributed by atoms with van der Waals surface area (Å²) in [5.74, 6) is 2.19. The molecule has 1 fully saturated rings. The van der Waals surface area contributed by atoms with Crippen molar-refractivity contribution in [3.05, 3.63) is 18.2 Å². The molecule has 5 nitrogen and oxygen atoms in total. The number of anilines is 2. The molecule has 100 valence electrons. The fourth-order valence-electron chi connectivity index (χ4n) is 2.04. The van der Waals surface area contributed by atoms with Gasteiger partial charge in [-0.1, -0.05) is 6.07 Å². The Morgan fingerprint density at radius 1 is 1.28 bits per heavy atom. The van der Waals surface area contributed by atoms with Gasteiger partial charge in [-0.15, -0.1) is 0 Å². The van der Waals surface area contributed by atoms with Crippen molar-refractivity contribution in [2.75, 3.05) is 28.7 Å². The average Bonchev–Trinajstić information content (AvgIpc) is 2.33. The molecule has 1 aliphatic rings. The van der Waals surface area contributed by atoms with Crippen molar-refractivity contribution in [2.24, 2.45) is 0 Å². The van der Waals surface area contributed by atoms with Crippen molar-refractivity contribution in [1.29, 1.82) is 0 Å². The molecule has 2 rings (SSSR count). The fraction of sp³-hybridized carbons (Fsp3) is 0.583. The summed E-state index contributed by atoms with van der Waals surface area (Å²) in [6, 6.07) is 5.97. The van der Waals surface area contributed by atoms with E-state index in [0.29, 0.717) is 12.8 Å². The minimum absolute atomic E-state index is 0.206. The maximum atomic E-state index is 11.3. The zero-order valence-electron chi connectivity index (χ0n) is 10.5. The molecule has 6 heteroatoms. The van der Waals surface area contributed by atoms with E-state index in [2.05, 4.69) is 15.6 Å². The normalized spacial score (nSPS) is 19.4. The van der Waals surface area contributed by atoms with Crippen LogP contribution in [0.3, 0.4) is 0 Å². The molecular weight excluding hydrogens is 250 g/mol. The van der Waals surface area contributed by atoms with Crippen LogP contribution in [-0.2, 0) is 9.84 Å². The lowest BCUT2D eigenvalue weighted by atomic mass is 10.1. The molecule has 1 aromatic heterocycles. The number of nitrogens with one attached hydrogen (secondary N) is 2. The summed E-state index contributed by atoms with van der Waals surface area (Å²) in [4.78, 5) is 4.42. The molecule has 0 radical (unpaired) electrons. The molecule has 0 atom stereocenters. The molecule has 0 spiro atoms. The number of nitrogens with zero attached hydrogens (tertiary/aromatic N) is 1. The number of rotatable bonds is 4. The molecule has 1 aromatic rings. The van der Waals surface area contributed by atoms with Crippen molar-refractivity contribution in [1.82, 2.24) is 4.98 Å². The first-order chi connectivity index (χ1) is 8.59. The van der Waals surface area contributed by atoms with Gasteiger partial charge in [0.25, 0.3) is 0 Å². The fourth-order valence-corrected chi connectivity index (χ4v) is 3.53. The number of pyridine rings is 1. The van der Waals surface area contributed by atoms with Gasteiger partial charge in [-0.05, 0) is 31.9 Å². The summed E-state index contributed by atoms with van der Waals surface area (Å²) in [6.45, 7) is 2.85. The highest BCUT2D eigenvalue weighted by Gasteiger charge is 2.23. The summed E-state index contributed by atoms with van der Waals surface area (Å²) in [7, 11) is -2.80. The Kier molecular flexibility index (Phi) is 4.06. The summed E-state index contributed by atoms with van der Waals surface area (Å²) in [5, 5.41) is 6.45. The quantitative estimate of drug-likeness (QED) is 0.867. The van der Waals surface area contributed by atoms with Gasteiger partial charge in [0.05, 0.1) is 11.5 Å². The van der Waals surface area contributed by atoms with Crippen molar-refractivity contribution >= 4 is 21.5 Å². The highest BCUT2D eigenvalue weighted by Crippen LogP contribution is 2.17. The van der Waals surface area contributed by atoms with Gasteiger partial charge in [-0.3, -0.25) is 0 Å². The van der Waals surface area contributed by atoms with E-state index in [9.17, 15) is 8.42 Å². The molecule has 2 N–H and O–H groups in total. The second-order valence-electron chi connectivity index (χ2n) is 4.51. The third kappa shape index (κ3) is 3.60. The van der Waals surface area contributed by atoms with E-state index >= 15 is 0 Å². The minimum Gasteiger partial charge on any atom is -0.370 e. The van der Waals surface area contributed by atoms with Gasteiger partial charge in [0.1, 0.15) is 21.5 Å². The summed E-state index contributed by atoms with van der Waals surface area (Å²) in [6.07, 6.45) is 1.32. The number of hydrogen-bond acceptors (Lipinski definition) is 5. The molecular formula is C12H19N3O2S. The molecule has 18 heavy (non-hydrogen) atoms. The van der Waals surface area contributed by atoms with Crippen LogP contribution in [0.25, 0.3) is 0 Å². The Labute approximate surface area is 108 Å². The van der Waals surface area contributed by atoms with E-state index in [0.717, 1.165) is 18.2 Å². The first kappa shape index (κ1) is 13.1. The van der Waals surface area contributed by atoms with Crippen LogP contribution in [0.2, 0.25) is 0 Å². The zero-order chi connectivity index (χ0) is 13.0. The van der Waals surface area contributed by atoms with Gasteiger partial charge in [-0.2, -0.15) is 0 Å². The molecule has 0 bridgehead atoms. The topological polar surface area (TPSA) is 71.1 Å². The Morgan fingerprint density at radius 2 is 1.94 bits per heavy atom. The third-order valence-corrected chi connectivity index (χ3v) is 4.73. The number of hydrogen-bond donors (Lipinski definition) is 2. The molecule has 0 amide bonds. The average molecular weight is 269 g/mol. The van der Waals surface area contributed by atoms with E-state index in [4.69, 9.17) is 0 Å². The van der Waals surface area contributed by atoms with E-state index in [1.54, 1.807) is 0 Å². The standard InChI is InChI=1S/C12H19N3O2S/c1-2-13-11-4-3-5-12(15-11)14-10-6-8-18(16,17)9-7-10/h3-5,10H,2,6-9H2,1H3,(H2,13,14,15). The summed E-state index contributed by atoms with van der Waals surface area (Å²) >= 11 is 0. The Hall–Kier alpha value is -1.30. The van der Waals surface area contributed by atoms with Crippen LogP contribution in [0, 0.1) is 0 Å². The van der Waals surface area contributed by atoms with E-state index < -0.39 is 9.84 Å². The molecule has 0 aliphatic carbocycles. The first-order valence-corrected chi connectivity index (χ1v) is 8.09. The van der Waals surface area contributed by atoms with Gasteiger partial charge in [-0.25, -0.2) is 13.4 Å². The van der Waals surface area contributed by atoms with E-state index in [1.165, 1.54) is 0 Å². The predicted molar refractivity (Wildman–Crippen MR) is 73.7 cm³/mol. The maximum absolute atomic E-state index is 11.3. The third-order valence-electron chi connectivity index (χ3n) is 3.01. The van der Waals surface area contributed by atoms with Gasteiger partial charge >= 0.3 is 0 Å². The van der Waals surface area contributed by atoms with Crippen molar-refractivity contribution < 1.29 is 8.42 Å². The second-order valence-corrected chi connectivity index (χ2v) is 6.81. The molecule has 1 saturated heterocycles. The van der Waals surface area contributed by atoms with Crippen molar-refractivity contribution in [3.8, 4) is 0 Å². The lowest BCUT2D eigenvalue weighted by Crippen LogP contribution is -2.32. The largest absolute Gasteiger partial charge is 0.370 e. The minimum atomic E-state index is -2.80. The van der Waals surface area contributed by atoms with Crippen LogP contribution >= 0.6 is 0 Å². The lowest BCUT2D eigenvalue weighted by molar-refractivity contribution is 0.559. The van der Waals surface area contributed by atoms with Crippen LogP contribution < -0.4 is 10.6 Å². The zero-order valence-corrected chi connectivity index (χ0v) is 11.3. The molecule has 1 aliphatic heterocycles. The Balaban J connectivity index is 1.95. The highest BCUT2D eigenvalue weighted by molar-refractivity contribution is 7.91. The van der Waals surface area contributed by atoms with Gasteiger partial charge in [0.15, 0.2) is 0 Å². The smallest absolute Gasteiger partial charge is 0.150 e. The number of sulfone groups is 1. The van der Waals surface area contributed by atoms with Crippen LogP contribution in [0.15, 0.2) is 18.2 Å². The van der Waals surface area contributed by atoms with Crippen LogP contribution in [0.1, 0.15) is 19.8 Å².